The highest BCUT2D eigenvalue weighted by Gasteiger charge is 2.49. The first-order valence-electron chi connectivity index (χ1n) is 17.9. The van der Waals surface area contributed by atoms with Gasteiger partial charge in [-0.3, -0.25) is 0 Å². The van der Waals surface area contributed by atoms with Crippen molar-refractivity contribution in [2.24, 2.45) is 0 Å². The number of nitrogens with zero attached hydrogens (tertiary/aromatic N) is 2. The fourth-order valence-electron chi connectivity index (χ4n) is 9.52. The van der Waals surface area contributed by atoms with E-state index in [1.165, 1.54) is 98.2 Å². The molecule has 2 aliphatic rings. The Morgan fingerprint density at radius 2 is 1.00 bits per heavy atom. The smallest absolute Gasteiger partial charge is 0.0764 e. The third-order valence-corrected chi connectivity index (χ3v) is 12.7. The van der Waals surface area contributed by atoms with Crippen molar-refractivity contribution in [3.05, 3.63) is 204 Å². The van der Waals surface area contributed by atoms with E-state index in [-0.39, 0.29) is 0 Å². The molecule has 10 aromatic rings. The lowest BCUT2D eigenvalue weighted by Crippen LogP contribution is -2.37. The summed E-state index contributed by atoms with van der Waals surface area (Å²) in [6.45, 7) is 0. The predicted octanol–water partition coefficient (Wildman–Crippen LogP) is 12.7. The van der Waals surface area contributed by atoms with E-state index in [4.69, 9.17) is 0 Å². The second-order valence-electron chi connectivity index (χ2n) is 14.1. The molecule has 0 saturated heterocycles. The second-order valence-corrected chi connectivity index (χ2v) is 15.1. The van der Waals surface area contributed by atoms with Gasteiger partial charge < -0.3 is 9.13 Å². The lowest BCUT2D eigenvalue weighted by molar-refractivity contribution is 0.691. The number of benzene rings is 8. The summed E-state index contributed by atoms with van der Waals surface area (Å²) in [6.07, 6.45) is 0. The molecule has 0 amide bonds. The lowest BCUT2D eigenvalue weighted by Gasteiger charge is -2.45. The maximum atomic E-state index is 2.54. The van der Waals surface area contributed by atoms with Gasteiger partial charge >= 0.3 is 0 Å². The van der Waals surface area contributed by atoms with Gasteiger partial charge in [0.25, 0.3) is 0 Å². The van der Waals surface area contributed by atoms with Crippen LogP contribution in [0.5, 0.6) is 0 Å². The van der Waals surface area contributed by atoms with Gasteiger partial charge in [0.05, 0.1) is 33.2 Å². The summed E-state index contributed by atoms with van der Waals surface area (Å²) in [6, 6.07) is 67.7. The minimum atomic E-state index is -0.512. The number of hydrogen-bond acceptors (Lipinski definition) is 1. The molecular formula is C49H30N2S. The number of fused-ring (bicyclic) bond motifs is 14. The van der Waals surface area contributed by atoms with Crippen LogP contribution >= 0.6 is 11.8 Å². The molecule has 0 bridgehead atoms. The topological polar surface area (TPSA) is 9.86 Å². The first kappa shape index (κ1) is 28.4. The van der Waals surface area contributed by atoms with Crippen LogP contribution in [0.4, 0.5) is 0 Å². The fourth-order valence-corrected chi connectivity index (χ4v) is 10.7. The zero-order valence-electron chi connectivity index (χ0n) is 28.1. The molecule has 0 radical (unpaired) electrons. The third-order valence-electron chi connectivity index (χ3n) is 11.5. The largest absolute Gasteiger partial charge is 0.309 e. The molecule has 0 saturated carbocycles. The lowest BCUT2D eigenvalue weighted by atomic mass is 9.62. The highest BCUT2D eigenvalue weighted by atomic mass is 32.2. The molecule has 242 valence electrons. The van der Waals surface area contributed by atoms with Crippen LogP contribution in [0.3, 0.4) is 0 Å². The average Bonchev–Trinajstić information content (AvgIpc) is 3.72. The maximum absolute atomic E-state index is 2.54. The van der Waals surface area contributed by atoms with Gasteiger partial charge in [-0.1, -0.05) is 145 Å². The molecular weight excluding hydrogens is 649 g/mol. The standard InChI is InChI=1S/C49H30N2S/c1-2-14-31(15-3-1)32-16-12-17-33(28-32)50-42-24-8-5-19-35(42)37-29-41-47(30-45(37)50)52-46-27-11-7-22-39(46)49(41)38-21-6-10-26-44(38)51-43-25-9-4-18-34(43)36-20-13-23-40(49)48(36)51/h1-30H. The van der Waals surface area contributed by atoms with Crippen molar-refractivity contribution in [3.8, 4) is 22.5 Å². The number of para-hydroxylation sites is 4. The van der Waals surface area contributed by atoms with Crippen molar-refractivity contribution in [1.29, 1.82) is 0 Å². The third kappa shape index (κ3) is 3.56. The summed E-state index contributed by atoms with van der Waals surface area (Å²) < 4.78 is 4.99. The van der Waals surface area contributed by atoms with Gasteiger partial charge in [0, 0.05) is 37.0 Å². The second kappa shape index (κ2) is 10.4. The molecule has 2 aromatic heterocycles. The minimum absolute atomic E-state index is 0.512. The SMILES string of the molecule is c1ccc(-c2cccc(-n3c4ccccc4c4cc5c(cc43)Sc3ccccc3C53c4ccccc4-n4c5ccccc5c5cccc3c54)c2)cc1. The van der Waals surface area contributed by atoms with Crippen LogP contribution in [0, 0.1) is 0 Å². The highest BCUT2D eigenvalue weighted by Crippen LogP contribution is 2.61. The summed E-state index contributed by atoms with van der Waals surface area (Å²) in [7, 11) is 0. The van der Waals surface area contributed by atoms with Crippen molar-refractivity contribution in [2.45, 2.75) is 15.2 Å². The van der Waals surface area contributed by atoms with Crippen LogP contribution in [-0.4, -0.2) is 9.13 Å². The van der Waals surface area contributed by atoms with Crippen LogP contribution in [0.1, 0.15) is 22.3 Å². The quantitative estimate of drug-likeness (QED) is 0.177. The zero-order valence-corrected chi connectivity index (χ0v) is 28.9. The molecule has 0 aliphatic carbocycles. The molecule has 4 heterocycles. The molecule has 0 N–H and O–H groups in total. The number of aromatic nitrogens is 2. The van der Waals surface area contributed by atoms with E-state index in [2.05, 4.69) is 191 Å². The monoisotopic (exact) mass is 678 g/mol. The van der Waals surface area contributed by atoms with Crippen LogP contribution in [0.15, 0.2) is 192 Å². The summed E-state index contributed by atoms with van der Waals surface area (Å²) >= 11 is 1.91. The molecule has 8 aromatic carbocycles. The highest BCUT2D eigenvalue weighted by molar-refractivity contribution is 7.99. The molecule has 3 heteroatoms. The minimum Gasteiger partial charge on any atom is -0.309 e. The maximum Gasteiger partial charge on any atom is 0.0764 e. The van der Waals surface area contributed by atoms with Gasteiger partial charge in [0.2, 0.25) is 0 Å². The summed E-state index contributed by atoms with van der Waals surface area (Å²) in [5, 5.41) is 5.13. The van der Waals surface area contributed by atoms with Gasteiger partial charge in [-0.15, -0.1) is 0 Å². The van der Waals surface area contributed by atoms with Gasteiger partial charge in [-0.05, 0) is 81.9 Å². The van der Waals surface area contributed by atoms with E-state index in [0.29, 0.717) is 0 Å². The van der Waals surface area contributed by atoms with E-state index >= 15 is 0 Å². The van der Waals surface area contributed by atoms with Crippen LogP contribution < -0.4 is 0 Å². The Labute approximate surface area is 305 Å². The van der Waals surface area contributed by atoms with Crippen molar-refractivity contribution in [2.75, 3.05) is 0 Å². The van der Waals surface area contributed by atoms with Gasteiger partial charge in [-0.2, -0.15) is 0 Å². The number of rotatable bonds is 2. The Morgan fingerprint density at radius 1 is 0.365 bits per heavy atom. The Morgan fingerprint density at radius 3 is 1.87 bits per heavy atom. The molecule has 2 nitrogen and oxygen atoms in total. The molecule has 52 heavy (non-hydrogen) atoms. The van der Waals surface area contributed by atoms with Crippen LogP contribution in [0.25, 0.3) is 66.1 Å². The normalized spacial score (nSPS) is 15.7. The van der Waals surface area contributed by atoms with E-state index in [1.807, 2.05) is 11.8 Å². The van der Waals surface area contributed by atoms with E-state index in [9.17, 15) is 0 Å². The Bertz CT molecular complexity index is 3110. The number of hydrogen-bond donors (Lipinski definition) is 0. The van der Waals surface area contributed by atoms with E-state index in [1.54, 1.807) is 0 Å². The van der Waals surface area contributed by atoms with Crippen LogP contribution in [0.2, 0.25) is 0 Å². The molecule has 1 atom stereocenters. The predicted molar refractivity (Wildman–Crippen MR) is 217 cm³/mol. The fraction of sp³-hybridized carbons (Fsp3) is 0.0204. The Balaban J connectivity index is 1.23. The molecule has 1 unspecified atom stereocenters. The van der Waals surface area contributed by atoms with Crippen molar-refractivity contribution in [3.63, 3.8) is 0 Å². The van der Waals surface area contributed by atoms with Gasteiger partial charge in [0.1, 0.15) is 0 Å². The Hall–Kier alpha value is -6.29. The molecule has 2 aliphatic heterocycles. The molecule has 0 fully saturated rings. The summed E-state index contributed by atoms with van der Waals surface area (Å²) in [5.41, 5.74) is 14.7. The van der Waals surface area contributed by atoms with Gasteiger partial charge in [0.15, 0.2) is 0 Å². The summed E-state index contributed by atoms with van der Waals surface area (Å²) in [4.78, 5) is 2.60. The molecule has 12 rings (SSSR count). The zero-order chi connectivity index (χ0) is 34.0. The van der Waals surface area contributed by atoms with E-state index < -0.39 is 5.41 Å². The first-order valence-corrected chi connectivity index (χ1v) is 18.8. The average molecular weight is 679 g/mol. The molecule has 1 spiro atoms. The van der Waals surface area contributed by atoms with Crippen molar-refractivity contribution >= 4 is 55.4 Å². The van der Waals surface area contributed by atoms with E-state index in [0.717, 1.165) is 0 Å². The Kier molecular flexibility index (Phi) is 5.67. The summed E-state index contributed by atoms with van der Waals surface area (Å²) in [5.74, 6) is 0. The van der Waals surface area contributed by atoms with Crippen molar-refractivity contribution < 1.29 is 0 Å². The van der Waals surface area contributed by atoms with Gasteiger partial charge in [-0.25, -0.2) is 0 Å². The van der Waals surface area contributed by atoms with Crippen molar-refractivity contribution in [1.82, 2.24) is 9.13 Å². The first-order chi connectivity index (χ1) is 25.8. The van der Waals surface area contributed by atoms with Crippen LogP contribution in [-0.2, 0) is 5.41 Å².